The second-order valence-electron chi connectivity index (χ2n) is 6.28. The van der Waals surface area contributed by atoms with Crippen LogP contribution in [0.15, 0.2) is 18.2 Å². The third-order valence-electron chi connectivity index (χ3n) is 5.01. The highest BCUT2D eigenvalue weighted by Crippen LogP contribution is 2.47. The third-order valence-corrected chi connectivity index (χ3v) is 5.25. The lowest BCUT2D eigenvalue weighted by Gasteiger charge is -2.48. The molecule has 4 heteroatoms. The zero-order chi connectivity index (χ0) is 14.2. The number of nitrogens with one attached hydrogen (secondary N) is 1. The molecule has 3 rings (SSSR count). The molecular formula is C16H23ClN2O. The van der Waals surface area contributed by atoms with E-state index < -0.39 is 0 Å². The molecule has 3 nitrogen and oxygen atoms in total. The molecule has 1 heterocycles. The quantitative estimate of drug-likeness (QED) is 0.662. The molecule has 1 aliphatic carbocycles. The van der Waals surface area contributed by atoms with E-state index >= 15 is 0 Å². The van der Waals surface area contributed by atoms with Gasteiger partial charge in [0.15, 0.2) is 0 Å². The molecule has 2 aliphatic rings. The van der Waals surface area contributed by atoms with Gasteiger partial charge in [-0.25, -0.2) is 0 Å². The minimum absolute atomic E-state index is 0.151. The van der Waals surface area contributed by atoms with Gasteiger partial charge < -0.3 is 4.74 Å². The van der Waals surface area contributed by atoms with E-state index in [2.05, 4.69) is 18.4 Å². The van der Waals surface area contributed by atoms with Gasteiger partial charge in [-0.15, -0.1) is 0 Å². The van der Waals surface area contributed by atoms with Crippen LogP contribution >= 0.6 is 11.6 Å². The normalized spacial score (nSPS) is 26.2. The summed E-state index contributed by atoms with van der Waals surface area (Å²) in [6.45, 7) is 2.96. The fourth-order valence-corrected chi connectivity index (χ4v) is 3.96. The third kappa shape index (κ3) is 2.60. The minimum Gasteiger partial charge on any atom is -0.375 e. The molecule has 1 saturated carbocycles. The number of hydrazine groups is 1. The van der Waals surface area contributed by atoms with Crippen LogP contribution in [0.5, 0.6) is 0 Å². The van der Waals surface area contributed by atoms with Crippen LogP contribution in [0.25, 0.3) is 0 Å². The summed E-state index contributed by atoms with van der Waals surface area (Å²) < 4.78 is 6.02. The fourth-order valence-electron chi connectivity index (χ4n) is 3.74. The molecule has 1 saturated heterocycles. The molecule has 0 radical (unpaired) electrons. The fraction of sp³-hybridized carbons (Fsp3) is 0.625. The monoisotopic (exact) mass is 294 g/mol. The highest BCUT2D eigenvalue weighted by atomic mass is 35.5. The zero-order valence-corrected chi connectivity index (χ0v) is 12.7. The van der Waals surface area contributed by atoms with Crippen LogP contribution in [-0.4, -0.2) is 12.2 Å². The molecule has 1 aliphatic heterocycles. The van der Waals surface area contributed by atoms with Gasteiger partial charge in [-0.3, -0.25) is 11.3 Å². The number of aryl methyl sites for hydroxylation is 1. The predicted octanol–water partition coefficient (Wildman–Crippen LogP) is 3.50. The first kappa shape index (κ1) is 14.3. The summed E-state index contributed by atoms with van der Waals surface area (Å²) in [7, 11) is 0. The summed E-state index contributed by atoms with van der Waals surface area (Å²) in [5, 5.41) is 0.782. The predicted molar refractivity (Wildman–Crippen MR) is 81.5 cm³/mol. The summed E-state index contributed by atoms with van der Waals surface area (Å²) in [6.07, 6.45) is 5.90. The van der Waals surface area contributed by atoms with Crippen LogP contribution in [0.4, 0.5) is 0 Å². The van der Waals surface area contributed by atoms with Crippen molar-refractivity contribution in [3.63, 3.8) is 0 Å². The van der Waals surface area contributed by atoms with E-state index in [1.165, 1.54) is 30.4 Å². The average Bonchev–Trinajstić information content (AvgIpc) is 2.40. The van der Waals surface area contributed by atoms with Crippen molar-refractivity contribution in [2.24, 2.45) is 11.8 Å². The minimum atomic E-state index is 0.151. The summed E-state index contributed by atoms with van der Waals surface area (Å²) in [5.41, 5.74) is 5.65. The largest absolute Gasteiger partial charge is 0.375 e. The summed E-state index contributed by atoms with van der Waals surface area (Å²) in [4.78, 5) is 0. The van der Waals surface area contributed by atoms with Crippen LogP contribution < -0.4 is 11.3 Å². The molecule has 110 valence electrons. The van der Waals surface area contributed by atoms with Crippen molar-refractivity contribution < 1.29 is 4.74 Å². The number of hydrogen-bond donors (Lipinski definition) is 2. The Bertz CT molecular complexity index is 487. The number of benzene rings is 1. The molecule has 2 unspecified atom stereocenters. The van der Waals surface area contributed by atoms with Crippen LogP contribution in [0.2, 0.25) is 5.02 Å². The van der Waals surface area contributed by atoms with Gasteiger partial charge in [0.05, 0.1) is 5.60 Å². The maximum absolute atomic E-state index is 6.06. The molecule has 20 heavy (non-hydrogen) atoms. The van der Waals surface area contributed by atoms with Crippen LogP contribution in [0, 0.1) is 12.8 Å². The van der Waals surface area contributed by atoms with Crippen molar-refractivity contribution in [2.45, 2.75) is 50.7 Å². The van der Waals surface area contributed by atoms with Gasteiger partial charge in [0.25, 0.3) is 0 Å². The average molecular weight is 295 g/mol. The van der Waals surface area contributed by atoms with E-state index in [1.807, 2.05) is 12.1 Å². The molecule has 1 aromatic carbocycles. The van der Waals surface area contributed by atoms with Gasteiger partial charge in [-0.05, 0) is 68.2 Å². The van der Waals surface area contributed by atoms with Crippen LogP contribution in [-0.2, 0) is 4.74 Å². The number of nitrogens with two attached hydrogens (primary N) is 1. The Morgan fingerprint density at radius 2 is 2.25 bits per heavy atom. The summed E-state index contributed by atoms with van der Waals surface area (Å²) in [6, 6.07) is 6.26. The topological polar surface area (TPSA) is 47.3 Å². The smallest absolute Gasteiger partial charge is 0.0686 e. The lowest BCUT2D eigenvalue weighted by molar-refractivity contribution is -0.147. The Morgan fingerprint density at radius 3 is 2.85 bits per heavy atom. The summed E-state index contributed by atoms with van der Waals surface area (Å²) in [5.74, 6) is 6.40. The first-order chi connectivity index (χ1) is 9.63. The van der Waals surface area contributed by atoms with Crippen molar-refractivity contribution in [3.05, 3.63) is 34.3 Å². The first-order valence-electron chi connectivity index (χ1n) is 7.50. The zero-order valence-electron chi connectivity index (χ0n) is 12.0. The van der Waals surface area contributed by atoms with E-state index in [-0.39, 0.29) is 11.6 Å². The number of ether oxygens (including phenoxy) is 1. The van der Waals surface area contributed by atoms with Crippen molar-refractivity contribution in [3.8, 4) is 0 Å². The molecule has 2 atom stereocenters. The van der Waals surface area contributed by atoms with Crippen LogP contribution in [0.3, 0.4) is 0 Å². The Kier molecular flexibility index (Phi) is 4.04. The van der Waals surface area contributed by atoms with Crippen LogP contribution in [0.1, 0.15) is 49.3 Å². The van der Waals surface area contributed by atoms with Crippen molar-refractivity contribution in [1.82, 2.24) is 5.43 Å². The second kappa shape index (κ2) is 5.64. The Hall–Kier alpha value is -0.610. The van der Waals surface area contributed by atoms with Crippen molar-refractivity contribution in [2.75, 3.05) is 6.61 Å². The van der Waals surface area contributed by atoms with Gasteiger partial charge in [0.2, 0.25) is 0 Å². The maximum Gasteiger partial charge on any atom is 0.0686 e. The summed E-state index contributed by atoms with van der Waals surface area (Å²) >= 11 is 6.06. The van der Waals surface area contributed by atoms with Gasteiger partial charge in [0.1, 0.15) is 0 Å². The standard InChI is InChI=1S/C16H23ClN2O/c1-11-9-13(17)3-4-14(11)15(19-18)12-5-8-20-16(10-12)6-2-7-16/h3-4,9,12,15,19H,2,5-8,10,18H2,1H3. The van der Waals surface area contributed by atoms with E-state index in [4.69, 9.17) is 22.2 Å². The molecule has 0 amide bonds. The molecule has 0 bridgehead atoms. The van der Waals surface area contributed by atoms with Crippen molar-refractivity contribution >= 4 is 11.6 Å². The Labute approximate surface area is 125 Å². The highest BCUT2D eigenvalue weighted by molar-refractivity contribution is 6.30. The number of halogens is 1. The molecule has 3 N–H and O–H groups in total. The maximum atomic E-state index is 6.06. The Balaban J connectivity index is 1.81. The van der Waals surface area contributed by atoms with Gasteiger partial charge in [0, 0.05) is 17.7 Å². The van der Waals surface area contributed by atoms with Gasteiger partial charge in [-0.1, -0.05) is 17.7 Å². The molecule has 2 fully saturated rings. The molecule has 0 aromatic heterocycles. The molecule has 1 spiro atoms. The highest BCUT2D eigenvalue weighted by Gasteiger charge is 2.44. The van der Waals surface area contributed by atoms with Gasteiger partial charge >= 0.3 is 0 Å². The number of hydrogen-bond acceptors (Lipinski definition) is 3. The van der Waals surface area contributed by atoms with E-state index in [1.54, 1.807) is 0 Å². The van der Waals surface area contributed by atoms with Crippen molar-refractivity contribution in [1.29, 1.82) is 0 Å². The van der Waals surface area contributed by atoms with E-state index in [0.29, 0.717) is 5.92 Å². The lowest BCUT2D eigenvalue weighted by atomic mass is 9.69. The SMILES string of the molecule is Cc1cc(Cl)ccc1C(NN)C1CCOC2(CCC2)C1. The molecular weight excluding hydrogens is 272 g/mol. The number of rotatable bonds is 3. The van der Waals surface area contributed by atoms with Gasteiger partial charge in [-0.2, -0.15) is 0 Å². The lowest BCUT2D eigenvalue weighted by Crippen LogP contribution is -2.48. The second-order valence-corrected chi connectivity index (χ2v) is 6.72. The Morgan fingerprint density at radius 1 is 1.45 bits per heavy atom. The van der Waals surface area contributed by atoms with E-state index in [0.717, 1.165) is 24.5 Å². The van der Waals surface area contributed by atoms with E-state index in [9.17, 15) is 0 Å². The molecule has 1 aromatic rings. The first-order valence-corrected chi connectivity index (χ1v) is 7.87.